The molecule has 4 rings (SSSR count). The van der Waals surface area contributed by atoms with E-state index in [1.54, 1.807) is 4.90 Å². The smallest absolute Gasteiger partial charge is 0.308 e. The molecule has 0 radical (unpaired) electrons. The van der Waals surface area contributed by atoms with Crippen LogP contribution in [-0.4, -0.2) is 29.0 Å². The third kappa shape index (κ3) is 4.68. The van der Waals surface area contributed by atoms with Crippen molar-refractivity contribution in [1.29, 1.82) is 0 Å². The number of hydrogen-bond donors (Lipinski definition) is 2. The van der Waals surface area contributed by atoms with Crippen LogP contribution in [0.5, 0.6) is 0 Å². The number of benzene rings is 3. The monoisotopic (exact) mass is 445 g/mol. The summed E-state index contributed by atoms with van der Waals surface area (Å²) < 4.78 is 0. The number of para-hydroxylation sites is 1. The summed E-state index contributed by atoms with van der Waals surface area (Å²) in [7, 11) is 0. The van der Waals surface area contributed by atoms with Crippen molar-refractivity contribution in [2.45, 2.75) is 18.6 Å². The molecule has 1 atom stereocenters. The first-order chi connectivity index (χ1) is 15.6. The van der Waals surface area contributed by atoms with Crippen LogP contribution in [0, 0.1) is 0 Å². The van der Waals surface area contributed by atoms with E-state index in [1.165, 1.54) is 0 Å². The van der Waals surface area contributed by atoms with Gasteiger partial charge in [0, 0.05) is 17.9 Å². The number of nitrogens with zero attached hydrogens (tertiary/aromatic N) is 1. The number of imide groups is 1. The quantitative estimate of drug-likeness (QED) is 0.539. The average Bonchev–Trinajstić information content (AvgIpc) is 3.13. The van der Waals surface area contributed by atoms with Gasteiger partial charge in [-0.25, -0.2) is 4.79 Å². The zero-order valence-corrected chi connectivity index (χ0v) is 18.4. The third-order valence-electron chi connectivity index (χ3n) is 5.27. The second kappa shape index (κ2) is 9.70. The summed E-state index contributed by atoms with van der Waals surface area (Å²) >= 11 is 0.993. The van der Waals surface area contributed by atoms with Gasteiger partial charge in [0.2, 0.25) is 5.91 Å². The van der Waals surface area contributed by atoms with Crippen LogP contribution in [0.3, 0.4) is 0 Å². The fourth-order valence-corrected chi connectivity index (χ4v) is 4.61. The standard InChI is InChI=1S/C25H23N3O3S/c1-2-28(24(30)26-18-12-7-4-8-13-18)21-15-9-14-19(17-10-5-3-6-11-17)20(21)16-22-23(29)27-25(31)32-22/h3-15,22H,2,16H2,1H3,(H,26,30)(H,27,29,31). The van der Waals surface area contributed by atoms with Crippen molar-refractivity contribution in [3.05, 3.63) is 84.4 Å². The van der Waals surface area contributed by atoms with Gasteiger partial charge in [0.25, 0.3) is 5.24 Å². The molecule has 1 aliphatic rings. The number of rotatable bonds is 6. The van der Waals surface area contributed by atoms with Crippen molar-refractivity contribution in [3.8, 4) is 11.1 Å². The summed E-state index contributed by atoms with van der Waals surface area (Å²) in [6.07, 6.45) is 0.331. The van der Waals surface area contributed by atoms with E-state index in [2.05, 4.69) is 10.6 Å². The Morgan fingerprint density at radius 2 is 1.66 bits per heavy atom. The topological polar surface area (TPSA) is 78.5 Å². The molecule has 0 spiro atoms. The van der Waals surface area contributed by atoms with E-state index < -0.39 is 5.25 Å². The van der Waals surface area contributed by atoms with E-state index >= 15 is 0 Å². The maximum absolute atomic E-state index is 13.2. The molecule has 4 amide bonds. The van der Waals surface area contributed by atoms with Crippen molar-refractivity contribution in [3.63, 3.8) is 0 Å². The largest absolute Gasteiger partial charge is 0.326 e. The first kappa shape index (κ1) is 21.6. The highest BCUT2D eigenvalue weighted by molar-refractivity contribution is 8.15. The second-order valence-corrected chi connectivity index (χ2v) is 8.47. The fourth-order valence-electron chi connectivity index (χ4n) is 3.78. The number of nitrogens with one attached hydrogen (secondary N) is 2. The normalized spacial score (nSPS) is 15.3. The number of carbonyl (C=O) groups excluding carboxylic acids is 3. The van der Waals surface area contributed by atoms with Crippen LogP contribution in [0.4, 0.5) is 21.0 Å². The molecule has 0 saturated carbocycles. The van der Waals surface area contributed by atoms with Crippen LogP contribution in [0.15, 0.2) is 78.9 Å². The van der Waals surface area contributed by atoms with Gasteiger partial charge in [-0.2, -0.15) is 0 Å². The summed E-state index contributed by atoms with van der Waals surface area (Å²) in [5.74, 6) is -0.300. The summed E-state index contributed by atoms with van der Waals surface area (Å²) in [6.45, 7) is 2.34. The van der Waals surface area contributed by atoms with Gasteiger partial charge in [-0.3, -0.25) is 19.8 Å². The lowest BCUT2D eigenvalue weighted by Gasteiger charge is -2.26. The SMILES string of the molecule is CCN(C(=O)Nc1ccccc1)c1cccc(-c2ccccc2)c1CC1SC(=O)NC1=O. The van der Waals surface area contributed by atoms with E-state index in [1.807, 2.05) is 85.8 Å². The van der Waals surface area contributed by atoms with Crippen LogP contribution >= 0.6 is 11.8 Å². The van der Waals surface area contributed by atoms with Gasteiger partial charge in [-0.15, -0.1) is 0 Å². The van der Waals surface area contributed by atoms with Gasteiger partial charge in [-0.1, -0.05) is 72.4 Å². The molecule has 1 heterocycles. The number of carbonyl (C=O) groups is 3. The number of amides is 4. The molecule has 1 fully saturated rings. The van der Waals surface area contributed by atoms with E-state index in [9.17, 15) is 14.4 Å². The lowest BCUT2D eigenvalue weighted by atomic mass is 9.94. The number of thioether (sulfide) groups is 1. The van der Waals surface area contributed by atoms with Crippen LogP contribution in [0.1, 0.15) is 12.5 Å². The Labute approximate surface area is 191 Å². The predicted molar refractivity (Wildman–Crippen MR) is 129 cm³/mol. The minimum atomic E-state index is -0.540. The Kier molecular flexibility index (Phi) is 6.56. The van der Waals surface area contributed by atoms with Crippen LogP contribution in [0.2, 0.25) is 0 Å². The molecule has 6 nitrogen and oxygen atoms in total. The number of hydrogen-bond acceptors (Lipinski definition) is 4. The fraction of sp³-hybridized carbons (Fsp3) is 0.160. The molecule has 3 aromatic rings. The van der Waals surface area contributed by atoms with Gasteiger partial charge in [0.1, 0.15) is 0 Å². The molecule has 3 aromatic carbocycles. The number of anilines is 2. The Hall–Kier alpha value is -3.58. The molecule has 0 aromatic heterocycles. The Morgan fingerprint density at radius 3 is 2.28 bits per heavy atom. The zero-order chi connectivity index (χ0) is 22.5. The van der Waals surface area contributed by atoms with Crippen LogP contribution < -0.4 is 15.5 Å². The van der Waals surface area contributed by atoms with Crippen molar-refractivity contribution < 1.29 is 14.4 Å². The molecule has 7 heteroatoms. The zero-order valence-electron chi connectivity index (χ0n) is 17.6. The maximum atomic E-state index is 13.2. The minimum Gasteiger partial charge on any atom is -0.308 e. The molecular formula is C25H23N3O3S. The number of urea groups is 1. The van der Waals surface area contributed by atoms with Gasteiger partial charge < -0.3 is 5.32 Å². The first-order valence-electron chi connectivity index (χ1n) is 10.4. The molecule has 0 bridgehead atoms. The minimum absolute atomic E-state index is 0.259. The third-order valence-corrected chi connectivity index (χ3v) is 6.25. The van der Waals surface area contributed by atoms with E-state index in [-0.39, 0.29) is 17.2 Å². The van der Waals surface area contributed by atoms with E-state index in [4.69, 9.17) is 0 Å². The highest BCUT2D eigenvalue weighted by Crippen LogP contribution is 2.35. The second-order valence-electron chi connectivity index (χ2n) is 7.30. The Morgan fingerprint density at radius 1 is 0.969 bits per heavy atom. The van der Waals surface area contributed by atoms with Crippen LogP contribution in [0.25, 0.3) is 11.1 Å². The lowest BCUT2D eigenvalue weighted by Crippen LogP contribution is -2.36. The Bertz CT molecular complexity index is 1140. The van der Waals surface area contributed by atoms with Crippen molar-refractivity contribution >= 4 is 40.3 Å². The van der Waals surface area contributed by atoms with Crippen LogP contribution in [-0.2, 0) is 11.2 Å². The van der Waals surface area contributed by atoms with E-state index in [0.29, 0.717) is 18.7 Å². The van der Waals surface area contributed by atoms with Gasteiger partial charge in [0.05, 0.1) is 5.25 Å². The summed E-state index contributed by atoms with van der Waals surface area (Å²) in [4.78, 5) is 38.9. The molecule has 32 heavy (non-hydrogen) atoms. The molecule has 1 saturated heterocycles. The highest BCUT2D eigenvalue weighted by atomic mass is 32.2. The molecule has 1 unspecified atom stereocenters. The van der Waals surface area contributed by atoms with Crippen molar-refractivity contribution in [2.24, 2.45) is 0 Å². The van der Waals surface area contributed by atoms with Crippen molar-refractivity contribution in [2.75, 3.05) is 16.8 Å². The molecule has 0 aliphatic carbocycles. The summed E-state index contributed by atoms with van der Waals surface area (Å²) in [6, 6.07) is 24.6. The van der Waals surface area contributed by atoms with Gasteiger partial charge in [0.15, 0.2) is 0 Å². The molecular weight excluding hydrogens is 422 g/mol. The lowest BCUT2D eigenvalue weighted by molar-refractivity contribution is -0.118. The maximum Gasteiger partial charge on any atom is 0.326 e. The molecule has 162 valence electrons. The summed E-state index contributed by atoms with van der Waals surface area (Å²) in [5, 5.41) is 4.41. The Balaban J connectivity index is 1.75. The van der Waals surface area contributed by atoms with Gasteiger partial charge >= 0.3 is 6.03 Å². The predicted octanol–water partition coefficient (Wildman–Crippen LogP) is 5.31. The van der Waals surface area contributed by atoms with Crippen molar-refractivity contribution in [1.82, 2.24) is 5.32 Å². The average molecular weight is 446 g/mol. The molecule has 1 aliphatic heterocycles. The van der Waals surface area contributed by atoms with Gasteiger partial charge in [-0.05, 0) is 48.2 Å². The summed E-state index contributed by atoms with van der Waals surface area (Å²) in [5.41, 5.74) is 4.19. The van der Waals surface area contributed by atoms with E-state index in [0.717, 1.165) is 34.1 Å². The molecule has 2 N–H and O–H groups in total. The first-order valence-corrected chi connectivity index (χ1v) is 11.3. The highest BCUT2D eigenvalue weighted by Gasteiger charge is 2.33.